The molecule has 1 aromatic rings. The maximum Gasteiger partial charge on any atom is 0.119 e. The molecule has 0 unspecified atom stereocenters. The maximum atomic E-state index is 9.43. The quantitative estimate of drug-likeness (QED) is 0.761. The Morgan fingerprint density at radius 1 is 1.29 bits per heavy atom. The normalized spacial score (nSPS) is 11.4. The van der Waals surface area contributed by atoms with Gasteiger partial charge in [-0.1, -0.05) is 12.1 Å². The highest BCUT2D eigenvalue weighted by molar-refractivity contribution is 5.27. The predicted molar refractivity (Wildman–Crippen MR) is 56.1 cm³/mol. The lowest BCUT2D eigenvalue weighted by atomic mass is 10.1. The van der Waals surface area contributed by atoms with Crippen LogP contribution in [0, 0.1) is 0 Å². The van der Waals surface area contributed by atoms with Gasteiger partial charge < -0.3 is 15.6 Å². The molecule has 0 amide bonds. The molecule has 3 heteroatoms. The van der Waals surface area contributed by atoms with Crippen LogP contribution in [0.15, 0.2) is 24.3 Å². The number of hydrogen-bond acceptors (Lipinski definition) is 3. The van der Waals surface area contributed by atoms with Crippen LogP contribution in [0.4, 0.5) is 0 Å². The van der Waals surface area contributed by atoms with Crippen molar-refractivity contribution >= 4 is 0 Å². The van der Waals surface area contributed by atoms with Gasteiger partial charge in [0.15, 0.2) is 0 Å². The third-order valence-electron chi connectivity index (χ3n) is 1.75. The zero-order valence-corrected chi connectivity index (χ0v) is 8.66. The number of rotatable bonds is 4. The summed E-state index contributed by atoms with van der Waals surface area (Å²) in [5.74, 6) is 0.754. The molecule has 0 fully saturated rings. The second-order valence-electron chi connectivity index (χ2n) is 3.95. The molecule has 3 N–H and O–H groups in total. The van der Waals surface area contributed by atoms with Gasteiger partial charge in [0.2, 0.25) is 0 Å². The fourth-order valence-corrected chi connectivity index (χ4v) is 0.982. The Morgan fingerprint density at radius 2 is 1.86 bits per heavy atom. The van der Waals surface area contributed by atoms with Gasteiger partial charge in [0, 0.05) is 6.54 Å². The van der Waals surface area contributed by atoms with Gasteiger partial charge in [-0.3, -0.25) is 0 Å². The van der Waals surface area contributed by atoms with Crippen LogP contribution in [-0.2, 0) is 6.54 Å². The highest BCUT2D eigenvalue weighted by Crippen LogP contribution is 2.13. The zero-order valence-electron chi connectivity index (χ0n) is 8.66. The minimum atomic E-state index is -0.799. The first-order valence-corrected chi connectivity index (χ1v) is 4.65. The summed E-state index contributed by atoms with van der Waals surface area (Å²) in [6.07, 6.45) is 0. The summed E-state index contributed by atoms with van der Waals surface area (Å²) in [6.45, 7) is 4.24. The fourth-order valence-electron chi connectivity index (χ4n) is 0.982. The van der Waals surface area contributed by atoms with Gasteiger partial charge in [-0.25, -0.2) is 0 Å². The molecule has 0 saturated carbocycles. The average Bonchev–Trinajstić information content (AvgIpc) is 2.14. The predicted octanol–water partition coefficient (Wildman–Crippen LogP) is 1.29. The van der Waals surface area contributed by atoms with Crippen molar-refractivity contribution in [2.45, 2.75) is 26.0 Å². The summed E-state index contributed by atoms with van der Waals surface area (Å²) in [5, 5.41) is 9.43. The van der Waals surface area contributed by atoms with Crippen LogP contribution >= 0.6 is 0 Å². The molecule has 1 aromatic carbocycles. The van der Waals surface area contributed by atoms with Gasteiger partial charge in [0.25, 0.3) is 0 Å². The first-order valence-electron chi connectivity index (χ1n) is 4.65. The van der Waals surface area contributed by atoms with E-state index in [0.29, 0.717) is 6.54 Å². The van der Waals surface area contributed by atoms with Crippen molar-refractivity contribution in [1.82, 2.24) is 0 Å². The summed E-state index contributed by atoms with van der Waals surface area (Å²) in [4.78, 5) is 0. The molecule has 0 aliphatic rings. The first-order chi connectivity index (χ1) is 6.51. The number of ether oxygens (including phenoxy) is 1. The highest BCUT2D eigenvalue weighted by Gasteiger charge is 2.12. The van der Waals surface area contributed by atoms with Crippen molar-refractivity contribution < 1.29 is 9.84 Å². The van der Waals surface area contributed by atoms with E-state index in [0.717, 1.165) is 11.3 Å². The van der Waals surface area contributed by atoms with Crippen molar-refractivity contribution in [3.63, 3.8) is 0 Å². The van der Waals surface area contributed by atoms with Crippen molar-refractivity contribution in [3.05, 3.63) is 29.8 Å². The highest BCUT2D eigenvalue weighted by atomic mass is 16.5. The molecule has 0 spiro atoms. The Hall–Kier alpha value is -1.06. The van der Waals surface area contributed by atoms with Crippen LogP contribution in [0.25, 0.3) is 0 Å². The lowest BCUT2D eigenvalue weighted by molar-refractivity contribution is 0.0285. The van der Waals surface area contributed by atoms with Crippen LogP contribution in [-0.4, -0.2) is 17.3 Å². The minimum Gasteiger partial charge on any atom is -0.491 e. The van der Waals surface area contributed by atoms with E-state index in [-0.39, 0.29) is 6.61 Å². The van der Waals surface area contributed by atoms with E-state index in [9.17, 15) is 5.11 Å². The maximum absolute atomic E-state index is 9.43. The van der Waals surface area contributed by atoms with Crippen molar-refractivity contribution in [1.29, 1.82) is 0 Å². The number of benzene rings is 1. The Morgan fingerprint density at radius 3 is 2.29 bits per heavy atom. The molecule has 0 aromatic heterocycles. The average molecular weight is 195 g/mol. The van der Waals surface area contributed by atoms with Crippen LogP contribution in [0.1, 0.15) is 19.4 Å². The molecule has 0 radical (unpaired) electrons. The Kier molecular flexibility index (Phi) is 3.49. The number of nitrogens with two attached hydrogens (primary N) is 1. The van der Waals surface area contributed by atoms with Crippen LogP contribution in [0.2, 0.25) is 0 Å². The zero-order chi connectivity index (χ0) is 10.6. The van der Waals surface area contributed by atoms with Crippen molar-refractivity contribution in [2.75, 3.05) is 6.61 Å². The van der Waals surface area contributed by atoms with Crippen LogP contribution < -0.4 is 10.5 Å². The largest absolute Gasteiger partial charge is 0.491 e. The Balaban J connectivity index is 2.52. The van der Waals surface area contributed by atoms with Gasteiger partial charge >= 0.3 is 0 Å². The lowest BCUT2D eigenvalue weighted by Gasteiger charge is -2.17. The van der Waals surface area contributed by atoms with Gasteiger partial charge in [0.05, 0.1) is 5.60 Å². The summed E-state index contributed by atoms with van der Waals surface area (Å²) in [5.41, 5.74) is 5.73. The van der Waals surface area contributed by atoms with E-state index in [1.165, 1.54) is 0 Å². The Labute approximate surface area is 84.5 Å². The standard InChI is InChI=1S/C11H17NO2/c1-11(2,13)8-14-10-5-3-9(7-12)4-6-10/h3-6,13H,7-8,12H2,1-2H3. The summed E-state index contributed by atoms with van der Waals surface area (Å²) in [7, 11) is 0. The van der Waals surface area contributed by atoms with Gasteiger partial charge in [-0.2, -0.15) is 0 Å². The third kappa shape index (κ3) is 3.77. The van der Waals surface area contributed by atoms with E-state index in [4.69, 9.17) is 10.5 Å². The van der Waals surface area contributed by atoms with Crippen molar-refractivity contribution in [3.8, 4) is 5.75 Å². The minimum absolute atomic E-state index is 0.287. The second-order valence-corrected chi connectivity index (χ2v) is 3.95. The number of hydrogen-bond donors (Lipinski definition) is 2. The summed E-state index contributed by atoms with van der Waals surface area (Å²) >= 11 is 0. The molecule has 14 heavy (non-hydrogen) atoms. The smallest absolute Gasteiger partial charge is 0.119 e. The van der Waals surface area contributed by atoms with Gasteiger partial charge in [-0.15, -0.1) is 0 Å². The van der Waals surface area contributed by atoms with E-state index in [1.54, 1.807) is 13.8 Å². The topological polar surface area (TPSA) is 55.5 Å². The second kappa shape index (κ2) is 4.44. The monoisotopic (exact) mass is 195 g/mol. The number of aliphatic hydroxyl groups is 1. The van der Waals surface area contributed by atoms with Crippen LogP contribution in [0.3, 0.4) is 0 Å². The van der Waals surface area contributed by atoms with Crippen molar-refractivity contribution in [2.24, 2.45) is 5.73 Å². The fraction of sp³-hybridized carbons (Fsp3) is 0.455. The van der Waals surface area contributed by atoms with E-state index < -0.39 is 5.60 Å². The molecule has 1 rings (SSSR count). The molecule has 0 heterocycles. The van der Waals surface area contributed by atoms with Crippen LogP contribution in [0.5, 0.6) is 5.75 Å². The lowest BCUT2D eigenvalue weighted by Crippen LogP contribution is -2.27. The van der Waals surface area contributed by atoms with E-state index in [1.807, 2.05) is 24.3 Å². The molecule has 0 aliphatic heterocycles. The molecule has 0 atom stereocenters. The molecular formula is C11H17NO2. The molecule has 78 valence electrons. The molecular weight excluding hydrogens is 178 g/mol. The van der Waals surface area contributed by atoms with E-state index >= 15 is 0 Å². The SMILES string of the molecule is CC(C)(O)COc1ccc(CN)cc1. The molecule has 3 nitrogen and oxygen atoms in total. The van der Waals surface area contributed by atoms with E-state index in [2.05, 4.69) is 0 Å². The third-order valence-corrected chi connectivity index (χ3v) is 1.75. The summed E-state index contributed by atoms with van der Waals surface area (Å²) < 4.78 is 5.38. The van der Waals surface area contributed by atoms with Gasteiger partial charge in [-0.05, 0) is 31.5 Å². The van der Waals surface area contributed by atoms with Gasteiger partial charge in [0.1, 0.15) is 12.4 Å². The summed E-state index contributed by atoms with van der Waals surface area (Å²) in [6, 6.07) is 7.54. The molecule has 0 aliphatic carbocycles. The molecule has 0 bridgehead atoms. The Bertz CT molecular complexity index is 274. The molecule has 0 saturated heterocycles. The first kappa shape index (κ1) is 11.0.